The minimum atomic E-state index is -0.567. The minimum absolute atomic E-state index is 0.113. The van der Waals surface area contributed by atoms with Gasteiger partial charge in [0.15, 0.2) is 0 Å². The van der Waals surface area contributed by atoms with Crippen molar-refractivity contribution in [3.8, 4) is 0 Å². The number of hydrogen-bond donors (Lipinski definition) is 2. The molecule has 1 aromatic carbocycles. The number of piperidine rings is 2. The molecule has 0 radical (unpaired) electrons. The normalized spacial score (nSPS) is 28.4. The molecule has 3 N–H and O–H groups in total. The fourth-order valence-corrected chi connectivity index (χ4v) is 4.74. The van der Waals surface area contributed by atoms with Crippen LogP contribution in [0.25, 0.3) is 0 Å². The fourth-order valence-electron chi connectivity index (χ4n) is 4.74. The van der Waals surface area contributed by atoms with Crippen molar-refractivity contribution < 1.29 is 14.4 Å². The van der Waals surface area contributed by atoms with Gasteiger partial charge in [-0.3, -0.25) is 24.6 Å². The molecular formula is C21H28N4O3. The van der Waals surface area contributed by atoms with Crippen LogP contribution in [0.2, 0.25) is 0 Å². The Morgan fingerprint density at radius 2 is 2.04 bits per heavy atom. The van der Waals surface area contributed by atoms with E-state index in [1.165, 1.54) is 0 Å². The maximum absolute atomic E-state index is 12.9. The number of hydrogen-bond acceptors (Lipinski definition) is 5. The molecule has 0 aromatic heterocycles. The third-order valence-electron chi connectivity index (χ3n) is 6.47. The molecule has 7 nitrogen and oxygen atoms in total. The number of carbonyl (C=O) groups is 3. The summed E-state index contributed by atoms with van der Waals surface area (Å²) in [6.07, 6.45) is 2.74. The third kappa shape index (κ3) is 3.44. The highest BCUT2D eigenvalue weighted by atomic mass is 16.2. The van der Waals surface area contributed by atoms with Gasteiger partial charge in [0, 0.05) is 37.7 Å². The number of likely N-dealkylation sites (tertiary alicyclic amines) is 1. The second kappa shape index (κ2) is 7.64. The van der Waals surface area contributed by atoms with Crippen LogP contribution in [0, 0.1) is 5.92 Å². The molecular weight excluding hydrogens is 356 g/mol. The largest absolute Gasteiger partial charge is 0.327 e. The summed E-state index contributed by atoms with van der Waals surface area (Å²) in [6.45, 7) is 5.35. The highest BCUT2D eigenvalue weighted by Gasteiger charge is 2.40. The number of amides is 3. The van der Waals surface area contributed by atoms with Gasteiger partial charge in [-0.2, -0.15) is 0 Å². The van der Waals surface area contributed by atoms with E-state index in [4.69, 9.17) is 5.73 Å². The van der Waals surface area contributed by atoms with E-state index in [1.54, 1.807) is 4.90 Å². The number of carbonyl (C=O) groups excluding carboxylic acids is 3. The molecule has 3 aliphatic heterocycles. The second-order valence-corrected chi connectivity index (χ2v) is 8.20. The number of nitrogens with one attached hydrogen (secondary N) is 1. The summed E-state index contributed by atoms with van der Waals surface area (Å²) >= 11 is 0. The predicted octanol–water partition coefficient (Wildman–Crippen LogP) is 1.01. The van der Waals surface area contributed by atoms with Crippen LogP contribution in [0.4, 0.5) is 0 Å². The Kier molecular flexibility index (Phi) is 5.21. The molecule has 0 bridgehead atoms. The van der Waals surface area contributed by atoms with E-state index in [2.05, 4.69) is 23.2 Å². The smallest absolute Gasteiger partial charge is 0.255 e. The quantitative estimate of drug-likeness (QED) is 0.756. The second-order valence-electron chi connectivity index (χ2n) is 8.20. The lowest BCUT2D eigenvalue weighted by Crippen LogP contribution is -2.52. The van der Waals surface area contributed by atoms with Crippen LogP contribution in [0.15, 0.2) is 18.2 Å². The first-order chi connectivity index (χ1) is 13.5. The van der Waals surface area contributed by atoms with E-state index in [-0.39, 0.29) is 30.2 Å². The van der Waals surface area contributed by atoms with Crippen molar-refractivity contribution in [1.82, 2.24) is 15.1 Å². The van der Waals surface area contributed by atoms with Crippen molar-refractivity contribution in [1.29, 1.82) is 0 Å². The van der Waals surface area contributed by atoms with E-state index in [9.17, 15) is 14.4 Å². The Hall–Kier alpha value is -2.25. The summed E-state index contributed by atoms with van der Waals surface area (Å²) in [4.78, 5) is 40.7. The van der Waals surface area contributed by atoms with Crippen LogP contribution in [0.3, 0.4) is 0 Å². The zero-order chi connectivity index (χ0) is 19.8. The van der Waals surface area contributed by atoms with Gasteiger partial charge in [0.1, 0.15) is 6.04 Å². The highest BCUT2D eigenvalue weighted by molar-refractivity contribution is 6.05. The van der Waals surface area contributed by atoms with Gasteiger partial charge < -0.3 is 10.6 Å². The molecule has 2 saturated heterocycles. The van der Waals surface area contributed by atoms with Gasteiger partial charge in [-0.1, -0.05) is 25.5 Å². The number of nitrogens with two attached hydrogens (primary N) is 1. The Balaban J connectivity index is 1.52. The lowest BCUT2D eigenvalue weighted by Gasteiger charge is -2.36. The molecule has 3 unspecified atom stereocenters. The fraction of sp³-hybridized carbons (Fsp3) is 0.571. The molecule has 1 aromatic rings. The Morgan fingerprint density at radius 3 is 2.79 bits per heavy atom. The molecule has 0 aliphatic carbocycles. The van der Waals surface area contributed by atoms with E-state index in [0.717, 1.165) is 43.6 Å². The first-order valence-electron chi connectivity index (χ1n) is 10.2. The molecule has 7 heteroatoms. The van der Waals surface area contributed by atoms with Gasteiger partial charge in [0.2, 0.25) is 11.8 Å². The summed E-state index contributed by atoms with van der Waals surface area (Å²) < 4.78 is 0. The molecule has 3 amide bonds. The maximum atomic E-state index is 12.9. The van der Waals surface area contributed by atoms with Gasteiger partial charge >= 0.3 is 0 Å². The van der Waals surface area contributed by atoms with Gasteiger partial charge in [0.25, 0.3) is 5.91 Å². The monoisotopic (exact) mass is 384 g/mol. The van der Waals surface area contributed by atoms with Crippen LogP contribution in [-0.2, 0) is 22.7 Å². The topological polar surface area (TPSA) is 95.7 Å². The Bertz CT molecular complexity index is 809. The first kappa shape index (κ1) is 19.1. The zero-order valence-electron chi connectivity index (χ0n) is 16.3. The summed E-state index contributed by atoms with van der Waals surface area (Å²) in [5.74, 6) is -0.236. The van der Waals surface area contributed by atoms with Crippen LogP contribution < -0.4 is 11.1 Å². The van der Waals surface area contributed by atoms with E-state index >= 15 is 0 Å². The summed E-state index contributed by atoms with van der Waals surface area (Å²) in [5, 5.41) is 2.36. The average Bonchev–Trinajstić information content (AvgIpc) is 3.01. The van der Waals surface area contributed by atoms with Gasteiger partial charge in [-0.25, -0.2) is 0 Å². The first-order valence-corrected chi connectivity index (χ1v) is 10.2. The molecule has 2 fully saturated rings. The van der Waals surface area contributed by atoms with E-state index in [0.29, 0.717) is 24.4 Å². The molecule has 150 valence electrons. The van der Waals surface area contributed by atoms with Crippen molar-refractivity contribution in [3.05, 3.63) is 34.9 Å². The number of rotatable bonds is 4. The summed E-state index contributed by atoms with van der Waals surface area (Å²) in [7, 11) is 0. The van der Waals surface area contributed by atoms with Crippen LogP contribution >= 0.6 is 0 Å². The van der Waals surface area contributed by atoms with Gasteiger partial charge in [-0.15, -0.1) is 0 Å². The molecule has 3 aliphatic rings. The molecule has 3 heterocycles. The third-order valence-corrected chi connectivity index (χ3v) is 6.47. The number of nitrogens with zero attached hydrogens (tertiary/aromatic N) is 2. The van der Waals surface area contributed by atoms with Crippen molar-refractivity contribution in [2.45, 2.75) is 57.8 Å². The van der Waals surface area contributed by atoms with Crippen LogP contribution in [0.1, 0.15) is 54.1 Å². The lowest BCUT2D eigenvalue weighted by atomic mass is 9.90. The van der Waals surface area contributed by atoms with E-state index in [1.807, 2.05) is 12.1 Å². The van der Waals surface area contributed by atoms with Gasteiger partial charge in [0.05, 0.1) is 0 Å². The van der Waals surface area contributed by atoms with Crippen molar-refractivity contribution in [3.63, 3.8) is 0 Å². The molecule has 3 atom stereocenters. The summed E-state index contributed by atoms with van der Waals surface area (Å²) in [5.41, 5.74) is 9.08. The Labute approximate surface area is 165 Å². The van der Waals surface area contributed by atoms with Crippen molar-refractivity contribution in [2.75, 3.05) is 13.1 Å². The standard InChI is InChI=1S/C21H28N4O3/c1-2-13-10-24(9-8-17(13)22)11-14-4-3-5-15-16(14)12-25(21(15)28)18-6-7-19(26)23-20(18)27/h3-5,13,17-18H,2,6-12,22H2,1H3,(H,23,26,27). The SMILES string of the molecule is CCC1CN(Cc2cccc3c2CN(C2CCC(=O)NC2=O)C3=O)CCC1N. The van der Waals surface area contributed by atoms with E-state index < -0.39 is 6.04 Å². The molecule has 0 saturated carbocycles. The zero-order valence-corrected chi connectivity index (χ0v) is 16.3. The lowest BCUT2D eigenvalue weighted by molar-refractivity contribution is -0.136. The Morgan fingerprint density at radius 1 is 1.21 bits per heavy atom. The van der Waals surface area contributed by atoms with Crippen LogP contribution in [-0.4, -0.2) is 52.7 Å². The van der Waals surface area contributed by atoms with Gasteiger partial charge in [-0.05, 0) is 42.5 Å². The average molecular weight is 384 g/mol. The number of benzene rings is 1. The molecule has 0 spiro atoms. The summed E-state index contributed by atoms with van der Waals surface area (Å²) in [6, 6.07) is 5.55. The molecule has 28 heavy (non-hydrogen) atoms. The minimum Gasteiger partial charge on any atom is -0.327 e. The molecule has 4 rings (SSSR count). The number of fused-ring (bicyclic) bond motifs is 1. The van der Waals surface area contributed by atoms with Crippen molar-refractivity contribution in [2.24, 2.45) is 11.7 Å². The highest BCUT2D eigenvalue weighted by Crippen LogP contribution is 2.31. The predicted molar refractivity (Wildman–Crippen MR) is 104 cm³/mol. The maximum Gasteiger partial charge on any atom is 0.255 e. The van der Waals surface area contributed by atoms with Crippen LogP contribution in [0.5, 0.6) is 0 Å². The van der Waals surface area contributed by atoms with Crippen molar-refractivity contribution >= 4 is 17.7 Å². The number of imide groups is 1.